The second-order valence-electron chi connectivity index (χ2n) is 10.3. The fourth-order valence-corrected chi connectivity index (χ4v) is 6.40. The highest BCUT2D eigenvalue weighted by Crippen LogP contribution is 2.43. The molecule has 1 aliphatic heterocycles. The first-order valence-corrected chi connectivity index (χ1v) is 13.1. The smallest absolute Gasteiger partial charge is 0.327 e. The molecule has 1 aliphatic rings. The standard InChI is InChI=1S/C26H35NO4S2/c1-15(2)26(9-7-17-8-10-32-22(17)14-28)13-20(29)23(24(30)31-26)33-21-11-16(3)19(27)12-18(21)25(4,5)6/h8,10-12,15,23,28H,7,9,13-14,27H2,1-6H3. The van der Waals surface area contributed by atoms with Gasteiger partial charge in [0.25, 0.3) is 0 Å². The molecular weight excluding hydrogens is 454 g/mol. The van der Waals surface area contributed by atoms with Crippen LogP contribution in [0.15, 0.2) is 28.5 Å². The number of ketones is 1. The molecule has 3 N–H and O–H groups in total. The molecule has 0 radical (unpaired) electrons. The van der Waals surface area contributed by atoms with Gasteiger partial charge in [0.2, 0.25) is 0 Å². The van der Waals surface area contributed by atoms with Gasteiger partial charge in [-0.2, -0.15) is 0 Å². The van der Waals surface area contributed by atoms with Crippen molar-refractivity contribution in [2.24, 2.45) is 5.92 Å². The first kappa shape index (κ1) is 25.8. The number of thiophene rings is 1. The van der Waals surface area contributed by atoms with Crippen LogP contribution in [0.1, 0.15) is 69.0 Å². The highest BCUT2D eigenvalue weighted by atomic mass is 32.2. The summed E-state index contributed by atoms with van der Waals surface area (Å²) < 4.78 is 6.08. The van der Waals surface area contributed by atoms with E-state index in [2.05, 4.69) is 20.8 Å². The minimum Gasteiger partial charge on any atom is -0.457 e. The number of nitrogen functional groups attached to an aromatic ring is 1. The summed E-state index contributed by atoms with van der Waals surface area (Å²) in [5.74, 6) is -0.560. The quantitative estimate of drug-likeness (QED) is 0.306. The van der Waals surface area contributed by atoms with E-state index >= 15 is 0 Å². The van der Waals surface area contributed by atoms with Crippen LogP contribution in [0, 0.1) is 12.8 Å². The maximum absolute atomic E-state index is 13.3. The number of benzene rings is 1. The molecule has 1 aromatic carbocycles. The number of cyclic esters (lactones) is 1. The predicted octanol–water partition coefficient (Wildman–Crippen LogP) is 5.43. The third-order valence-corrected chi connectivity index (χ3v) is 8.79. The van der Waals surface area contributed by atoms with Gasteiger partial charge in [0.05, 0.1) is 6.61 Å². The van der Waals surface area contributed by atoms with Crippen LogP contribution in [0.3, 0.4) is 0 Å². The average molecular weight is 490 g/mol. The van der Waals surface area contributed by atoms with Gasteiger partial charge in [-0.3, -0.25) is 9.59 Å². The number of carbonyl (C=O) groups is 2. The molecule has 33 heavy (non-hydrogen) atoms. The second-order valence-corrected chi connectivity index (χ2v) is 12.4. The molecule has 0 aliphatic carbocycles. The van der Waals surface area contributed by atoms with E-state index in [1.165, 1.54) is 23.1 Å². The van der Waals surface area contributed by atoms with Crippen LogP contribution in [0.4, 0.5) is 5.69 Å². The molecule has 0 bridgehead atoms. The maximum atomic E-state index is 13.3. The van der Waals surface area contributed by atoms with Gasteiger partial charge in [-0.25, -0.2) is 0 Å². The summed E-state index contributed by atoms with van der Waals surface area (Å²) in [6.07, 6.45) is 1.41. The second kappa shape index (κ2) is 9.80. The van der Waals surface area contributed by atoms with Gasteiger partial charge in [0.15, 0.2) is 11.0 Å². The minimum atomic E-state index is -0.879. The highest BCUT2D eigenvalue weighted by Gasteiger charge is 2.49. The number of Topliss-reactive ketones (excluding diaryl/α,β-unsaturated/α-hetero) is 1. The molecule has 2 unspecified atom stereocenters. The number of aliphatic hydroxyl groups is 1. The Morgan fingerprint density at radius 3 is 2.58 bits per heavy atom. The van der Waals surface area contributed by atoms with E-state index in [4.69, 9.17) is 10.5 Å². The van der Waals surface area contributed by atoms with E-state index in [0.29, 0.717) is 18.5 Å². The Hall–Kier alpha value is -1.83. The van der Waals surface area contributed by atoms with Crippen molar-refractivity contribution in [3.8, 4) is 0 Å². The number of hydrogen-bond acceptors (Lipinski definition) is 7. The Balaban J connectivity index is 1.84. The third kappa shape index (κ3) is 5.47. The predicted molar refractivity (Wildman–Crippen MR) is 136 cm³/mol. The number of aliphatic hydroxyl groups excluding tert-OH is 1. The fraction of sp³-hybridized carbons (Fsp3) is 0.538. The van der Waals surface area contributed by atoms with Crippen LogP contribution in [0.25, 0.3) is 0 Å². The molecule has 1 aromatic heterocycles. The van der Waals surface area contributed by atoms with Crippen molar-refractivity contribution in [3.05, 3.63) is 45.1 Å². The van der Waals surface area contributed by atoms with E-state index in [1.807, 2.05) is 44.4 Å². The summed E-state index contributed by atoms with van der Waals surface area (Å²) in [7, 11) is 0. The molecule has 180 valence electrons. The first-order valence-electron chi connectivity index (χ1n) is 11.4. The summed E-state index contributed by atoms with van der Waals surface area (Å²) in [5.41, 5.74) is 8.84. The van der Waals surface area contributed by atoms with E-state index < -0.39 is 16.8 Å². The maximum Gasteiger partial charge on any atom is 0.327 e. The largest absolute Gasteiger partial charge is 0.457 e. The van der Waals surface area contributed by atoms with Crippen LogP contribution < -0.4 is 5.73 Å². The highest BCUT2D eigenvalue weighted by molar-refractivity contribution is 8.01. The lowest BCUT2D eigenvalue weighted by atomic mass is 9.78. The van der Waals surface area contributed by atoms with E-state index in [1.54, 1.807) is 0 Å². The number of carbonyl (C=O) groups excluding carboxylic acids is 2. The Kier molecular flexibility index (Phi) is 7.66. The molecule has 2 heterocycles. The van der Waals surface area contributed by atoms with Crippen molar-refractivity contribution >= 4 is 40.5 Å². The first-order chi connectivity index (χ1) is 15.4. The van der Waals surface area contributed by atoms with Crippen LogP contribution in [0.2, 0.25) is 0 Å². The number of ether oxygens (including phenoxy) is 1. The molecular formula is C26H35NO4S2. The van der Waals surface area contributed by atoms with Gasteiger partial charge in [0, 0.05) is 21.9 Å². The van der Waals surface area contributed by atoms with Gasteiger partial charge in [0.1, 0.15) is 5.60 Å². The van der Waals surface area contributed by atoms with Crippen LogP contribution in [0.5, 0.6) is 0 Å². The molecule has 0 saturated carbocycles. The normalized spacial score (nSPS) is 21.5. The van der Waals surface area contributed by atoms with Gasteiger partial charge in [-0.15, -0.1) is 23.1 Å². The summed E-state index contributed by atoms with van der Waals surface area (Å²) in [6.45, 7) is 12.2. The van der Waals surface area contributed by atoms with Gasteiger partial charge in [-0.05, 0) is 71.4 Å². The molecule has 1 saturated heterocycles. The molecule has 7 heteroatoms. The zero-order chi connectivity index (χ0) is 24.6. The minimum absolute atomic E-state index is 0.00327. The molecule has 2 aromatic rings. The Bertz CT molecular complexity index is 1020. The van der Waals surface area contributed by atoms with Crippen LogP contribution in [-0.4, -0.2) is 27.7 Å². The number of nitrogens with two attached hydrogens (primary N) is 1. The number of esters is 1. The fourth-order valence-electron chi connectivity index (χ4n) is 4.26. The van der Waals surface area contributed by atoms with Gasteiger partial charge >= 0.3 is 5.97 Å². The molecule has 3 rings (SSSR count). The van der Waals surface area contributed by atoms with Crippen molar-refractivity contribution in [1.82, 2.24) is 0 Å². The van der Waals surface area contributed by atoms with Crippen molar-refractivity contribution in [2.75, 3.05) is 5.73 Å². The number of hydrogen-bond donors (Lipinski definition) is 2. The number of anilines is 1. The van der Waals surface area contributed by atoms with Crippen molar-refractivity contribution in [2.45, 2.75) is 88.6 Å². The lowest BCUT2D eigenvalue weighted by molar-refractivity contribution is -0.176. The Morgan fingerprint density at radius 2 is 2.00 bits per heavy atom. The lowest BCUT2D eigenvalue weighted by Gasteiger charge is -2.41. The van der Waals surface area contributed by atoms with E-state index in [-0.39, 0.29) is 30.1 Å². The Labute approximate surface area is 205 Å². The Morgan fingerprint density at radius 1 is 1.30 bits per heavy atom. The molecule has 1 fully saturated rings. The van der Waals surface area contributed by atoms with Crippen molar-refractivity contribution in [3.63, 3.8) is 0 Å². The SMILES string of the molecule is Cc1cc(SC2C(=O)CC(CCc3ccsc3CO)(C(C)C)OC2=O)c(C(C)(C)C)cc1N. The zero-order valence-electron chi connectivity index (χ0n) is 20.4. The van der Waals surface area contributed by atoms with Crippen molar-refractivity contribution in [1.29, 1.82) is 0 Å². The number of aryl methyl sites for hydroxylation is 2. The average Bonchev–Trinajstić information content (AvgIpc) is 3.18. The molecule has 2 atom stereocenters. The van der Waals surface area contributed by atoms with Crippen LogP contribution >= 0.6 is 23.1 Å². The van der Waals surface area contributed by atoms with Gasteiger partial charge in [-0.1, -0.05) is 34.6 Å². The summed E-state index contributed by atoms with van der Waals surface area (Å²) in [5, 5.41) is 10.6. The molecule has 0 amide bonds. The van der Waals surface area contributed by atoms with Crippen LogP contribution in [-0.2, 0) is 32.8 Å². The summed E-state index contributed by atoms with van der Waals surface area (Å²) >= 11 is 2.80. The third-order valence-electron chi connectivity index (χ3n) is 6.56. The topological polar surface area (TPSA) is 89.6 Å². The number of thioether (sulfide) groups is 1. The molecule has 5 nitrogen and oxygen atoms in total. The van der Waals surface area contributed by atoms with E-state index in [0.717, 1.165) is 26.5 Å². The number of rotatable bonds is 7. The summed E-state index contributed by atoms with van der Waals surface area (Å²) in [6, 6.07) is 5.92. The van der Waals surface area contributed by atoms with E-state index in [9.17, 15) is 14.7 Å². The molecule has 0 spiro atoms. The zero-order valence-corrected chi connectivity index (χ0v) is 22.0. The van der Waals surface area contributed by atoms with Crippen molar-refractivity contribution < 1.29 is 19.4 Å². The lowest BCUT2D eigenvalue weighted by Crippen LogP contribution is -2.52. The monoisotopic (exact) mass is 489 g/mol. The van der Waals surface area contributed by atoms with Gasteiger partial charge < -0.3 is 15.6 Å². The summed E-state index contributed by atoms with van der Waals surface area (Å²) in [4.78, 5) is 28.4.